The highest BCUT2D eigenvalue weighted by atomic mass is 16.5. The van der Waals surface area contributed by atoms with E-state index in [1.165, 1.54) is 32.1 Å². The van der Waals surface area contributed by atoms with Crippen molar-refractivity contribution >= 4 is 5.97 Å². The molecule has 0 amide bonds. The molecule has 102 valence electrons. The normalized spacial score (nSPS) is 10.5. The highest BCUT2D eigenvalue weighted by Crippen LogP contribution is 2.05. The molecular formula is C14H28O3. The van der Waals surface area contributed by atoms with E-state index >= 15 is 0 Å². The Morgan fingerprint density at radius 3 is 2.29 bits per heavy atom. The van der Waals surface area contributed by atoms with Gasteiger partial charge in [0.05, 0.1) is 6.61 Å². The van der Waals surface area contributed by atoms with E-state index in [0.29, 0.717) is 26.2 Å². The van der Waals surface area contributed by atoms with Gasteiger partial charge in [0, 0.05) is 19.6 Å². The molecule has 0 rings (SSSR count). The molecule has 0 saturated carbocycles. The first-order chi connectivity index (χ1) is 8.31. The molecule has 0 bridgehead atoms. The van der Waals surface area contributed by atoms with Crippen LogP contribution in [0.1, 0.15) is 65.2 Å². The monoisotopic (exact) mass is 244 g/mol. The third-order valence-electron chi connectivity index (χ3n) is 2.63. The van der Waals surface area contributed by atoms with E-state index in [2.05, 4.69) is 6.92 Å². The molecular weight excluding hydrogens is 216 g/mol. The molecule has 0 aliphatic carbocycles. The van der Waals surface area contributed by atoms with Gasteiger partial charge in [-0.25, -0.2) is 0 Å². The van der Waals surface area contributed by atoms with Crippen LogP contribution in [0.25, 0.3) is 0 Å². The first-order valence-corrected chi connectivity index (χ1v) is 7.04. The van der Waals surface area contributed by atoms with Crippen molar-refractivity contribution in [2.24, 2.45) is 0 Å². The summed E-state index contributed by atoms with van der Waals surface area (Å²) in [6.07, 6.45) is 8.58. The molecule has 0 N–H and O–H groups in total. The number of hydrogen-bond donors (Lipinski definition) is 0. The van der Waals surface area contributed by atoms with E-state index in [-0.39, 0.29) is 5.97 Å². The van der Waals surface area contributed by atoms with E-state index < -0.39 is 0 Å². The molecule has 17 heavy (non-hydrogen) atoms. The molecule has 0 heterocycles. The van der Waals surface area contributed by atoms with Crippen LogP contribution in [-0.2, 0) is 14.3 Å². The fraction of sp³-hybridized carbons (Fsp3) is 0.929. The molecule has 0 aromatic carbocycles. The molecule has 3 heteroatoms. The van der Waals surface area contributed by atoms with Crippen LogP contribution in [0.5, 0.6) is 0 Å². The molecule has 0 spiro atoms. The van der Waals surface area contributed by atoms with Crippen molar-refractivity contribution in [3.63, 3.8) is 0 Å². The maximum absolute atomic E-state index is 11.3. The van der Waals surface area contributed by atoms with Crippen molar-refractivity contribution < 1.29 is 14.3 Å². The van der Waals surface area contributed by atoms with Gasteiger partial charge >= 0.3 is 5.97 Å². The molecule has 0 radical (unpaired) electrons. The summed E-state index contributed by atoms with van der Waals surface area (Å²) in [5, 5.41) is 0. The number of esters is 1. The van der Waals surface area contributed by atoms with E-state index in [4.69, 9.17) is 9.47 Å². The number of carbonyl (C=O) groups excluding carboxylic acids is 1. The largest absolute Gasteiger partial charge is 0.466 e. The second-order valence-corrected chi connectivity index (χ2v) is 4.29. The molecule has 0 fully saturated rings. The van der Waals surface area contributed by atoms with Crippen LogP contribution in [0.3, 0.4) is 0 Å². The highest BCUT2D eigenvalue weighted by molar-refractivity contribution is 5.69. The minimum Gasteiger partial charge on any atom is -0.466 e. The van der Waals surface area contributed by atoms with Crippen LogP contribution in [0, 0.1) is 0 Å². The summed E-state index contributed by atoms with van der Waals surface area (Å²) in [5.41, 5.74) is 0. The standard InChI is InChI=1S/C14H28O3/c1-3-5-6-7-8-9-13-17-14(15)11-10-12-16-4-2/h3-13H2,1-2H3. The maximum atomic E-state index is 11.3. The summed E-state index contributed by atoms with van der Waals surface area (Å²) < 4.78 is 10.3. The van der Waals surface area contributed by atoms with Gasteiger partial charge in [0.2, 0.25) is 0 Å². The van der Waals surface area contributed by atoms with E-state index in [1.807, 2.05) is 6.92 Å². The Labute approximate surface area is 106 Å². The lowest BCUT2D eigenvalue weighted by molar-refractivity contribution is -0.144. The van der Waals surface area contributed by atoms with Gasteiger partial charge in [0.1, 0.15) is 0 Å². The Balaban J connectivity index is 3.11. The molecule has 3 nitrogen and oxygen atoms in total. The summed E-state index contributed by atoms with van der Waals surface area (Å²) in [5.74, 6) is -0.0849. The van der Waals surface area contributed by atoms with Crippen molar-refractivity contribution in [1.29, 1.82) is 0 Å². The summed E-state index contributed by atoms with van der Waals surface area (Å²) in [7, 11) is 0. The Morgan fingerprint density at radius 1 is 0.882 bits per heavy atom. The van der Waals surface area contributed by atoms with Crippen molar-refractivity contribution in [3.05, 3.63) is 0 Å². The van der Waals surface area contributed by atoms with Crippen molar-refractivity contribution in [3.8, 4) is 0 Å². The molecule has 0 unspecified atom stereocenters. The summed E-state index contributed by atoms with van der Waals surface area (Å²) in [6, 6.07) is 0. The first-order valence-electron chi connectivity index (χ1n) is 7.04. The lowest BCUT2D eigenvalue weighted by atomic mass is 10.1. The van der Waals surface area contributed by atoms with Crippen LogP contribution in [-0.4, -0.2) is 25.8 Å². The molecule has 0 saturated heterocycles. The van der Waals surface area contributed by atoms with Gasteiger partial charge in [-0.05, 0) is 19.8 Å². The smallest absolute Gasteiger partial charge is 0.305 e. The molecule has 0 aromatic heterocycles. The third-order valence-corrected chi connectivity index (χ3v) is 2.63. The van der Waals surface area contributed by atoms with Crippen molar-refractivity contribution in [1.82, 2.24) is 0 Å². The topological polar surface area (TPSA) is 35.5 Å². The number of hydrogen-bond acceptors (Lipinski definition) is 3. The zero-order chi connectivity index (χ0) is 12.8. The van der Waals surface area contributed by atoms with Gasteiger partial charge in [-0.2, -0.15) is 0 Å². The van der Waals surface area contributed by atoms with Gasteiger partial charge in [-0.15, -0.1) is 0 Å². The van der Waals surface area contributed by atoms with Crippen LogP contribution < -0.4 is 0 Å². The fourth-order valence-electron chi connectivity index (χ4n) is 1.60. The van der Waals surface area contributed by atoms with Gasteiger partial charge in [0.15, 0.2) is 0 Å². The Bertz CT molecular complexity index is 169. The molecule has 0 aromatic rings. The van der Waals surface area contributed by atoms with Gasteiger partial charge in [0.25, 0.3) is 0 Å². The Hall–Kier alpha value is -0.570. The molecule has 0 aliphatic rings. The van der Waals surface area contributed by atoms with Crippen LogP contribution in [0.15, 0.2) is 0 Å². The summed E-state index contributed by atoms with van der Waals surface area (Å²) in [4.78, 5) is 11.3. The fourth-order valence-corrected chi connectivity index (χ4v) is 1.60. The van der Waals surface area contributed by atoms with Crippen molar-refractivity contribution in [2.75, 3.05) is 19.8 Å². The summed E-state index contributed by atoms with van der Waals surface area (Å²) >= 11 is 0. The van der Waals surface area contributed by atoms with E-state index in [1.54, 1.807) is 0 Å². The number of unbranched alkanes of at least 4 members (excludes halogenated alkanes) is 5. The van der Waals surface area contributed by atoms with E-state index in [0.717, 1.165) is 12.8 Å². The van der Waals surface area contributed by atoms with Gasteiger partial charge in [-0.1, -0.05) is 39.0 Å². The molecule has 0 atom stereocenters. The predicted molar refractivity (Wildman–Crippen MR) is 70.1 cm³/mol. The Kier molecular flexibility index (Phi) is 13.0. The second kappa shape index (κ2) is 13.5. The maximum Gasteiger partial charge on any atom is 0.305 e. The van der Waals surface area contributed by atoms with Crippen LogP contribution in [0.2, 0.25) is 0 Å². The molecule has 0 aliphatic heterocycles. The number of ether oxygens (including phenoxy) is 2. The Morgan fingerprint density at radius 2 is 1.59 bits per heavy atom. The van der Waals surface area contributed by atoms with Crippen molar-refractivity contribution in [2.45, 2.75) is 65.2 Å². The minimum absolute atomic E-state index is 0.0849. The lowest BCUT2D eigenvalue weighted by Crippen LogP contribution is -2.07. The van der Waals surface area contributed by atoms with Crippen LogP contribution >= 0.6 is 0 Å². The predicted octanol–water partition coefficient (Wildman–Crippen LogP) is 3.71. The van der Waals surface area contributed by atoms with E-state index in [9.17, 15) is 4.79 Å². The lowest BCUT2D eigenvalue weighted by Gasteiger charge is -2.05. The van der Waals surface area contributed by atoms with Crippen LogP contribution in [0.4, 0.5) is 0 Å². The summed E-state index contributed by atoms with van der Waals surface area (Å²) in [6.45, 7) is 6.12. The second-order valence-electron chi connectivity index (χ2n) is 4.29. The number of carbonyl (C=O) groups is 1. The average molecular weight is 244 g/mol. The average Bonchev–Trinajstić information content (AvgIpc) is 2.33. The zero-order valence-electron chi connectivity index (χ0n) is 11.5. The first kappa shape index (κ1) is 16.4. The number of rotatable bonds is 12. The highest BCUT2D eigenvalue weighted by Gasteiger charge is 2.01. The third kappa shape index (κ3) is 13.4. The minimum atomic E-state index is -0.0849. The van der Waals surface area contributed by atoms with Gasteiger partial charge in [-0.3, -0.25) is 4.79 Å². The van der Waals surface area contributed by atoms with Gasteiger partial charge < -0.3 is 9.47 Å². The quantitative estimate of drug-likeness (QED) is 0.388. The SMILES string of the molecule is CCCCCCCCOC(=O)CCCOCC. The zero-order valence-corrected chi connectivity index (χ0v) is 11.5.